The fraction of sp³-hybridized carbons (Fsp3) is 0.696. The van der Waals surface area contributed by atoms with Crippen LogP contribution >= 0.6 is 0 Å². The molecule has 1 aromatic carbocycles. The third-order valence-electron chi connectivity index (χ3n) is 6.77. The lowest BCUT2D eigenvalue weighted by Gasteiger charge is -2.35. The predicted octanol–water partition coefficient (Wildman–Crippen LogP) is 3.42. The minimum Gasteiger partial charge on any atom is -0.497 e. The van der Waals surface area contributed by atoms with Gasteiger partial charge in [0.1, 0.15) is 11.5 Å². The minimum atomic E-state index is 0.465. The van der Waals surface area contributed by atoms with Crippen LogP contribution in [-0.4, -0.2) is 52.4 Å². The highest BCUT2D eigenvalue weighted by atomic mass is 16.5. The van der Waals surface area contributed by atoms with Gasteiger partial charge >= 0.3 is 0 Å². The van der Waals surface area contributed by atoms with Crippen LogP contribution in [0.4, 0.5) is 5.69 Å². The monoisotopic (exact) mass is 400 g/mol. The Morgan fingerprint density at radius 1 is 1.07 bits per heavy atom. The van der Waals surface area contributed by atoms with Gasteiger partial charge in [0.2, 0.25) is 0 Å². The SMILES string of the molecule is CCNC(=NCC1(C2CC2)CC1)NC1CCN(c2cc(OC)cc(OC)c2)CC1. The molecular formula is C23H36N4O2. The molecule has 0 radical (unpaired) electrons. The predicted molar refractivity (Wildman–Crippen MR) is 118 cm³/mol. The maximum absolute atomic E-state index is 5.43. The molecule has 0 atom stereocenters. The average molecular weight is 401 g/mol. The lowest BCUT2D eigenvalue weighted by Crippen LogP contribution is -2.49. The third kappa shape index (κ3) is 4.90. The summed E-state index contributed by atoms with van der Waals surface area (Å²) in [7, 11) is 3.40. The van der Waals surface area contributed by atoms with Crippen LogP contribution in [0.1, 0.15) is 45.4 Å². The number of nitrogens with one attached hydrogen (secondary N) is 2. The molecule has 2 aliphatic carbocycles. The fourth-order valence-electron chi connectivity index (χ4n) is 4.56. The zero-order valence-electron chi connectivity index (χ0n) is 18.2. The molecule has 0 bridgehead atoms. The van der Waals surface area contributed by atoms with Crippen molar-refractivity contribution in [3.63, 3.8) is 0 Å². The van der Waals surface area contributed by atoms with Gasteiger partial charge in [-0.25, -0.2) is 0 Å². The summed E-state index contributed by atoms with van der Waals surface area (Å²) in [5.41, 5.74) is 1.72. The van der Waals surface area contributed by atoms with E-state index in [0.717, 1.165) is 62.4 Å². The number of aliphatic imine (C=N–C) groups is 1. The standard InChI is InChI=1S/C23H36N4O2/c1-4-24-22(25-16-23(9-10-23)17-5-6-17)26-18-7-11-27(12-8-18)19-13-20(28-2)15-21(14-19)29-3/h13-15,17-18H,4-12,16H2,1-3H3,(H2,24,25,26). The largest absolute Gasteiger partial charge is 0.497 e. The molecular weight excluding hydrogens is 364 g/mol. The molecule has 160 valence electrons. The van der Waals surface area contributed by atoms with E-state index in [-0.39, 0.29) is 0 Å². The van der Waals surface area contributed by atoms with Gasteiger partial charge in [0, 0.05) is 56.1 Å². The molecule has 1 saturated heterocycles. The maximum Gasteiger partial charge on any atom is 0.191 e. The number of nitrogens with zero attached hydrogens (tertiary/aromatic N) is 2. The average Bonchev–Trinajstić information content (AvgIpc) is 3.66. The first kappa shape index (κ1) is 20.2. The van der Waals surface area contributed by atoms with Gasteiger partial charge in [0.25, 0.3) is 0 Å². The molecule has 3 fully saturated rings. The molecule has 29 heavy (non-hydrogen) atoms. The Labute approximate surface area is 175 Å². The van der Waals surface area contributed by atoms with E-state index >= 15 is 0 Å². The summed E-state index contributed by atoms with van der Waals surface area (Å²) in [6, 6.07) is 6.57. The molecule has 1 aromatic rings. The summed E-state index contributed by atoms with van der Waals surface area (Å²) in [5.74, 6) is 3.63. The van der Waals surface area contributed by atoms with Crippen molar-refractivity contribution in [2.45, 2.75) is 51.5 Å². The number of rotatable bonds is 8. The number of hydrogen-bond donors (Lipinski definition) is 2. The number of hydrogen-bond acceptors (Lipinski definition) is 4. The van der Waals surface area contributed by atoms with E-state index < -0.39 is 0 Å². The second kappa shape index (κ2) is 8.72. The second-order valence-electron chi connectivity index (χ2n) is 8.81. The number of guanidine groups is 1. The van der Waals surface area contributed by atoms with Gasteiger partial charge < -0.3 is 25.0 Å². The van der Waals surface area contributed by atoms with Crippen LogP contribution in [0.25, 0.3) is 0 Å². The van der Waals surface area contributed by atoms with Crippen molar-refractivity contribution < 1.29 is 9.47 Å². The van der Waals surface area contributed by atoms with Crippen LogP contribution < -0.4 is 25.0 Å². The number of methoxy groups -OCH3 is 2. The Hall–Kier alpha value is -2.11. The quantitative estimate of drug-likeness (QED) is 0.517. The molecule has 0 aromatic heterocycles. The van der Waals surface area contributed by atoms with Crippen LogP contribution in [0.2, 0.25) is 0 Å². The Balaban J connectivity index is 1.32. The molecule has 6 heteroatoms. The first-order valence-electron chi connectivity index (χ1n) is 11.2. The van der Waals surface area contributed by atoms with E-state index in [2.05, 4.69) is 34.6 Å². The Bertz CT molecular complexity index is 697. The summed E-state index contributed by atoms with van der Waals surface area (Å²) >= 11 is 0. The summed E-state index contributed by atoms with van der Waals surface area (Å²) in [4.78, 5) is 7.39. The van der Waals surface area contributed by atoms with Gasteiger partial charge in [0.15, 0.2) is 5.96 Å². The van der Waals surface area contributed by atoms with Crippen molar-refractivity contribution in [3.8, 4) is 11.5 Å². The van der Waals surface area contributed by atoms with Gasteiger partial charge in [-0.2, -0.15) is 0 Å². The van der Waals surface area contributed by atoms with Crippen molar-refractivity contribution >= 4 is 11.6 Å². The van der Waals surface area contributed by atoms with Gasteiger partial charge in [-0.15, -0.1) is 0 Å². The van der Waals surface area contributed by atoms with Gasteiger partial charge in [-0.05, 0) is 56.8 Å². The molecule has 2 saturated carbocycles. The Kier molecular flexibility index (Phi) is 6.07. The Morgan fingerprint density at radius 2 is 1.72 bits per heavy atom. The topological polar surface area (TPSA) is 58.1 Å². The highest BCUT2D eigenvalue weighted by molar-refractivity contribution is 5.80. The first-order chi connectivity index (χ1) is 14.2. The van der Waals surface area contributed by atoms with Gasteiger partial charge in [-0.1, -0.05) is 0 Å². The summed E-state index contributed by atoms with van der Waals surface area (Å²) in [5, 5.41) is 7.15. The van der Waals surface area contributed by atoms with E-state index in [0.29, 0.717) is 11.5 Å². The van der Waals surface area contributed by atoms with Crippen molar-refractivity contribution in [3.05, 3.63) is 18.2 Å². The zero-order chi connectivity index (χ0) is 20.3. The smallest absolute Gasteiger partial charge is 0.191 e. The van der Waals surface area contributed by atoms with E-state index in [1.165, 1.54) is 31.4 Å². The molecule has 4 rings (SSSR count). The molecule has 2 N–H and O–H groups in total. The normalized spacial score (nSPS) is 21.6. The summed E-state index contributed by atoms with van der Waals surface area (Å²) in [6.07, 6.45) is 7.79. The molecule has 1 aliphatic heterocycles. The number of ether oxygens (including phenoxy) is 2. The highest BCUT2D eigenvalue weighted by Crippen LogP contribution is 2.61. The highest BCUT2D eigenvalue weighted by Gasteiger charge is 2.53. The van der Waals surface area contributed by atoms with Crippen LogP contribution in [0.5, 0.6) is 11.5 Å². The number of benzene rings is 1. The summed E-state index contributed by atoms with van der Waals surface area (Å²) in [6.45, 7) is 6.07. The molecule has 1 heterocycles. The lowest BCUT2D eigenvalue weighted by molar-refractivity contribution is 0.393. The molecule has 0 amide bonds. The summed E-state index contributed by atoms with van der Waals surface area (Å²) < 4.78 is 10.9. The van der Waals surface area contributed by atoms with Crippen LogP contribution in [-0.2, 0) is 0 Å². The van der Waals surface area contributed by atoms with E-state index in [1.807, 2.05) is 6.07 Å². The van der Waals surface area contributed by atoms with Gasteiger partial charge in [0.05, 0.1) is 14.2 Å². The zero-order valence-corrected chi connectivity index (χ0v) is 18.2. The first-order valence-corrected chi connectivity index (χ1v) is 11.2. The van der Waals surface area contributed by atoms with Crippen molar-refractivity contribution in [2.75, 3.05) is 45.3 Å². The maximum atomic E-state index is 5.43. The van der Waals surface area contributed by atoms with E-state index in [9.17, 15) is 0 Å². The second-order valence-corrected chi connectivity index (χ2v) is 8.81. The van der Waals surface area contributed by atoms with Crippen LogP contribution in [0.3, 0.4) is 0 Å². The molecule has 3 aliphatic rings. The van der Waals surface area contributed by atoms with E-state index in [1.54, 1.807) is 14.2 Å². The van der Waals surface area contributed by atoms with Crippen molar-refractivity contribution in [1.29, 1.82) is 0 Å². The lowest BCUT2D eigenvalue weighted by atomic mass is 10.0. The molecule has 0 unspecified atom stereocenters. The minimum absolute atomic E-state index is 0.465. The van der Waals surface area contributed by atoms with Crippen LogP contribution in [0, 0.1) is 11.3 Å². The number of anilines is 1. The van der Waals surface area contributed by atoms with Gasteiger partial charge in [-0.3, -0.25) is 4.99 Å². The van der Waals surface area contributed by atoms with E-state index in [4.69, 9.17) is 14.5 Å². The van der Waals surface area contributed by atoms with Crippen molar-refractivity contribution in [1.82, 2.24) is 10.6 Å². The molecule has 6 nitrogen and oxygen atoms in total. The van der Waals surface area contributed by atoms with Crippen molar-refractivity contribution in [2.24, 2.45) is 16.3 Å². The Morgan fingerprint density at radius 3 is 2.24 bits per heavy atom. The molecule has 0 spiro atoms. The fourth-order valence-corrected chi connectivity index (χ4v) is 4.56. The third-order valence-corrected chi connectivity index (χ3v) is 6.77. The van der Waals surface area contributed by atoms with Crippen LogP contribution in [0.15, 0.2) is 23.2 Å². The number of piperidine rings is 1.